The maximum atomic E-state index is 4.39. The van der Waals surface area contributed by atoms with Crippen molar-refractivity contribution in [3.8, 4) is 0 Å². The van der Waals surface area contributed by atoms with Crippen LogP contribution in [0.1, 0.15) is 26.7 Å². The van der Waals surface area contributed by atoms with Gasteiger partial charge in [-0.2, -0.15) is 0 Å². The SMILES string of the molecule is CC(C)C1(C2=NCC=N2)CC1. The van der Waals surface area contributed by atoms with E-state index >= 15 is 0 Å². The minimum Gasteiger partial charge on any atom is -0.264 e. The van der Waals surface area contributed by atoms with E-state index in [9.17, 15) is 0 Å². The zero-order valence-electron chi connectivity index (χ0n) is 7.17. The summed E-state index contributed by atoms with van der Waals surface area (Å²) in [5.41, 5.74) is 0.382. The van der Waals surface area contributed by atoms with Crippen LogP contribution in [0, 0.1) is 11.3 Å². The van der Waals surface area contributed by atoms with Gasteiger partial charge in [-0.25, -0.2) is 4.99 Å². The summed E-state index contributed by atoms with van der Waals surface area (Å²) in [6.07, 6.45) is 4.50. The summed E-state index contributed by atoms with van der Waals surface area (Å²) in [5.74, 6) is 1.82. The molecule has 0 amide bonds. The van der Waals surface area contributed by atoms with Gasteiger partial charge in [0.15, 0.2) is 0 Å². The molecule has 2 rings (SSSR count). The average Bonchev–Trinajstić information content (AvgIpc) is 2.61. The first kappa shape index (κ1) is 7.01. The van der Waals surface area contributed by atoms with E-state index in [4.69, 9.17) is 0 Å². The number of hydrogen-bond acceptors (Lipinski definition) is 2. The Labute approximate surface area is 67.4 Å². The standard InChI is InChI=1S/C9H14N2/c1-7(2)9(3-4-9)8-10-5-6-11-8/h5,7H,3-4,6H2,1-2H3. The highest BCUT2D eigenvalue weighted by Gasteiger charge is 2.50. The molecule has 0 aromatic rings. The molecule has 0 atom stereocenters. The lowest BCUT2D eigenvalue weighted by Gasteiger charge is -2.16. The number of hydrogen-bond donors (Lipinski definition) is 0. The van der Waals surface area contributed by atoms with Crippen LogP contribution in [-0.4, -0.2) is 18.6 Å². The Morgan fingerprint density at radius 1 is 1.45 bits per heavy atom. The van der Waals surface area contributed by atoms with E-state index < -0.39 is 0 Å². The lowest BCUT2D eigenvalue weighted by atomic mass is 9.91. The first-order valence-corrected chi connectivity index (χ1v) is 4.33. The van der Waals surface area contributed by atoms with Gasteiger partial charge >= 0.3 is 0 Å². The van der Waals surface area contributed by atoms with Gasteiger partial charge in [-0.05, 0) is 18.8 Å². The van der Waals surface area contributed by atoms with Crippen LogP contribution in [0.4, 0.5) is 0 Å². The van der Waals surface area contributed by atoms with Crippen molar-refractivity contribution in [2.24, 2.45) is 21.3 Å². The monoisotopic (exact) mass is 150 g/mol. The van der Waals surface area contributed by atoms with Crippen molar-refractivity contribution in [2.75, 3.05) is 6.54 Å². The van der Waals surface area contributed by atoms with Gasteiger partial charge in [0.05, 0.1) is 6.54 Å². The predicted octanol–water partition coefficient (Wildman–Crippen LogP) is 1.91. The fourth-order valence-electron chi connectivity index (χ4n) is 1.78. The molecule has 0 spiro atoms. The molecule has 60 valence electrons. The number of rotatable bonds is 2. The lowest BCUT2D eigenvalue weighted by Crippen LogP contribution is -2.18. The molecule has 0 aromatic heterocycles. The van der Waals surface area contributed by atoms with Crippen LogP contribution in [0.5, 0.6) is 0 Å². The quantitative estimate of drug-likeness (QED) is 0.574. The number of nitrogens with zero attached hydrogens (tertiary/aromatic N) is 2. The second-order valence-electron chi connectivity index (χ2n) is 3.79. The first-order chi connectivity index (χ1) is 5.26. The highest BCUT2D eigenvalue weighted by molar-refractivity contribution is 6.00. The Morgan fingerprint density at radius 3 is 2.55 bits per heavy atom. The summed E-state index contributed by atoms with van der Waals surface area (Å²) >= 11 is 0. The molecule has 0 unspecified atom stereocenters. The Hall–Kier alpha value is -0.660. The van der Waals surface area contributed by atoms with Crippen LogP contribution in [0.2, 0.25) is 0 Å². The van der Waals surface area contributed by atoms with Crippen molar-refractivity contribution in [1.82, 2.24) is 0 Å². The zero-order chi connectivity index (χ0) is 7.90. The Kier molecular flexibility index (Phi) is 1.38. The number of aliphatic imine (C=N–C) groups is 2. The topological polar surface area (TPSA) is 24.7 Å². The molecule has 11 heavy (non-hydrogen) atoms. The van der Waals surface area contributed by atoms with Crippen molar-refractivity contribution in [1.29, 1.82) is 0 Å². The molecule has 0 aromatic carbocycles. The summed E-state index contributed by atoms with van der Waals surface area (Å²) in [6.45, 7) is 5.34. The van der Waals surface area contributed by atoms with E-state index in [0.29, 0.717) is 11.3 Å². The summed E-state index contributed by atoms with van der Waals surface area (Å²) in [4.78, 5) is 8.70. The van der Waals surface area contributed by atoms with Gasteiger partial charge in [0, 0.05) is 11.6 Å². The fraction of sp³-hybridized carbons (Fsp3) is 0.778. The van der Waals surface area contributed by atoms with Crippen molar-refractivity contribution >= 4 is 12.1 Å². The molecule has 1 saturated carbocycles. The first-order valence-electron chi connectivity index (χ1n) is 4.33. The number of amidine groups is 1. The highest BCUT2D eigenvalue weighted by atomic mass is 15.0. The van der Waals surface area contributed by atoms with Gasteiger partial charge in [-0.1, -0.05) is 13.8 Å². The summed E-state index contributed by atoms with van der Waals surface area (Å²) in [7, 11) is 0. The molecular formula is C9H14N2. The lowest BCUT2D eigenvalue weighted by molar-refractivity contribution is 0.475. The zero-order valence-corrected chi connectivity index (χ0v) is 7.17. The fourth-order valence-corrected chi connectivity index (χ4v) is 1.78. The predicted molar refractivity (Wildman–Crippen MR) is 47.3 cm³/mol. The molecule has 2 nitrogen and oxygen atoms in total. The van der Waals surface area contributed by atoms with E-state index in [2.05, 4.69) is 23.8 Å². The minimum atomic E-state index is 0.382. The third-order valence-corrected chi connectivity index (χ3v) is 2.88. The molecule has 0 saturated heterocycles. The largest absolute Gasteiger partial charge is 0.264 e. The van der Waals surface area contributed by atoms with E-state index in [1.807, 2.05) is 6.21 Å². The van der Waals surface area contributed by atoms with E-state index in [1.54, 1.807) is 0 Å². The normalized spacial score (nSPS) is 25.9. The van der Waals surface area contributed by atoms with Crippen LogP contribution in [0.15, 0.2) is 9.98 Å². The summed E-state index contributed by atoms with van der Waals surface area (Å²) in [6, 6.07) is 0. The second-order valence-corrected chi connectivity index (χ2v) is 3.79. The molecule has 1 heterocycles. The van der Waals surface area contributed by atoms with Gasteiger partial charge in [-0.15, -0.1) is 0 Å². The molecule has 0 bridgehead atoms. The minimum absolute atomic E-state index is 0.382. The van der Waals surface area contributed by atoms with Crippen LogP contribution in [-0.2, 0) is 0 Å². The van der Waals surface area contributed by atoms with E-state index in [-0.39, 0.29) is 0 Å². The van der Waals surface area contributed by atoms with Gasteiger partial charge in [-0.3, -0.25) is 4.99 Å². The molecule has 2 heteroatoms. The average molecular weight is 150 g/mol. The van der Waals surface area contributed by atoms with Gasteiger partial charge in [0.2, 0.25) is 0 Å². The van der Waals surface area contributed by atoms with Crippen LogP contribution >= 0.6 is 0 Å². The maximum absolute atomic E-state index is 4.39. The smallest absolute Gasteiger partial charge is 0.129 e. The molecule has 2 aliphatic rings. The van der Waals surface area contributed by atoms with Gasteiger partial charge in [0.1, 0.15) is 5.84 Å². The summed E-state index contributed by atoms with van der Waals surface area (Å²) in [5, 5.41) is 0. The van der Waals surface area contributed by atoms with E-state index in [1.165, 1.54) is 12.8 Å². The molecule has 0 radical (unpaired) electrons. The van der Waals surface area contributed by atoms with Crippen molar-refractivity contribution in [2.45, 2.75) is 26.7 Å². The van der Waals surface area contributed by atoms with Crippen LogP contribution < -0.4 is 0 Å². The molecule has 0 N–H and O–H groups in total. The third kappa shape index (κ3) is 0.924. The molecular weight excluding hydrogens is 136 g/mol. The van der Waals surface area contributed by atoms with Gasteiger partial charge in [0.25, 0.3) is 0 Å². The Bertz CT molecular complexity index is 222. The van der Waals surface area contributed by atoms with Crippen molar-refractivity contribution in [3.05, 3.63) is 0 Å². The van der Waals surface area contributed by atoms with Crippen LogP contribution in [0.3, 0.4) is 0 Å². The second kappa shape index (κ2) is 2.16. The van der Waals surface area contributed by atoms with Crippen molar-refractivity contribution in [3.63, 3.8) is 0 Å². The van der Waals surface area contributed by atoms with E-state index in [0.717, 1.165) is 12.4 Å². The Balaban J connectivity index is 2.20. The Morgan fingerprint density at radius 2 is 2.18 bits per heavy atom. The molecule has 1 aliphatic carbocycles. The third-order valence-electron chi connectivity index (χ3n) is 2.88. The highest BCUT2D eigenvalue weighted by Crippen LogP contribution is 2.53. The summed E-state index contributed by atoms with van der Waals surface area (Å²) < 4.78 is 0. The van der Waals surface area contributed by atoms with Crippen molar-refractivity contribution < 1.29 is 0 Å². The van der Waals surface area contributed by atoms with Crippen LogP contribution in [0.25, 0.3) is 0 Å². The molecule has 1 aliphatic heterocycles. The van der Waals surface area contributed by atoms with Gasteiger partial charge < -0.3 is 0 Å². The molecule has 1 fully saturated rings. The maximum Gasteiger partial charge on any atom is 0.129 e.